The van der Waals surface area contributed by atoms with E-state index in [-0.39, 0.29) is 26.8 Å². The van der Waals surface area contributed by atoms with Gasteiger partial charge in [-0.2, -0.15) is 0 Å². The van der Waals surface area contributed by atoms with Crippen molar-refractivity contribution in [2.75, 3.05) is 0 Å². The topological polar surface area (TPSA) is 67.5 Å². The van der Waals surface area contributed by atoms with Gasteiger partial charge in [0.2, 0.25) is 0 Å². The van der Waals surface area contributed by atoms with Crippen molar-refractivity contribution in [1.29, 1.82) is 0 Å². The number of hydrogen-bond acceptors (Lipinski definition) is 3. The Labute approximate surface area is 146 Å². The Morgan fingerprint density at radius 1 is 1.04 bits per heavy atom. The molecule has 0 saturated heterocycles. The van der Waals surface area contributed by atoms with Crippen molar-refractivity contribution < 1.29 is 31.0 Å². The Hall–Kier alpha value is -2.52. The quantitative estimate of drug-likeness (QED) is 0.421. The zero-order valence-corrected chi connectivity index (χ0v) is 14.1. The number of carboxylic acid groups (broad SMARTS) is 1. The molecule has 0 spiro atoms. The Bertz CT molecular complexity index is 923. The average Bonchev–Trinajstić information content (AvgIpc) is 3.05. The fourth-order valence-corrected chi connectivity index (χ4v) is 2.06. The summed E-state index contributed by atoms with van der Waals surface area (Å²) in [6.07, 6.45) is 7.20. The molecule has 0 atom stereocenters. The molecule has 0 unspecified atom stereocenters. The van der Waals surface area contributed by atoms with Crippen molar-refractivity contribution in [2.24, 2.45) is 0 Å². The van der Waals surface area contributed by atoms with Crippen LogP contribution < -0.4 is 0 Å². The van der Waals surface area contributed by atoms with E-state index in [1.54, 1.807) is 18.3 Å². The van der Waals surface area contributed by atoms with Gasteiger partial charge < -0.3 is 9.51 Å². The molecule has 4 rings (SSSR count). The number of benzene rings is 1. The monoisotopic (exact) mass is 485 g/mol. The van der Waals surface area contributed by atoms with E-state index in [1.807, 2.05) is 28.9 Å². The predicted octanol–water partition coefficient (Wildman–Crippen LogP) is 3.06. The van der Waals surface area contributed by atoms with Crippen LogP contribution in [0.25, 0.3) is 16.4 Å². The van der Waals surface area contributed by atoms with Gasteiger partial charge in [-0.1, -0.05) is 12.1 Å². The van der Waals surface area contributed by atoms with Gasteiger partial charge in [0.25, 0.3) is 0 Å². The molecule has 118 valence electrons. The number of aromatic carboxylic acids is 1. The third-order valence-electron chi connectivity index (χ3n) is 3.08. The summed E-state index contributed by atoms with van der Waals surface area (Å²) in [7, 11) is 0. The van der Waals surface area contributed by atoms with Gasteiger partial charge in [0, 0.05) is 39.7 Å². The van der Waals surface area contributed by atoms with Gasteiger partial charge in [-0.3, -0.25) is 4.98 Å². The van der Waals surface area contributed by atoms with Gasteiger partial charge >= 0.3 is 5.97 Å². The molecule has 5 nitrogen and oxygen atoms in total. The number of rotatable bonds is 1. The zero-order valence-electron chi connectivity index (χ0n) is 11.9. The Balaban J connectivity index is 0.000000171. The molecule has 0 aliphatic heterocycles. The summed E-state index contributed by atoms with van der Waals surface area (Å²) in [6.45, 7) is 0. The first-order chi connectivity index (χ1) is 10.8. The third kappa shape index (κ3) is 3.82. The second kappa shape index (κ2) is 7.65. The van der Waals surface area contributed by atoms with Gasteiger partial charge in [-0.25, -0.2) is 9.78 Å². The molecule has 4 aromatic rings. The van der Waals surface area contributed by atoms with E-state index in [0.717, 1.165) is 11.0 Å². The van der Waals surface area contributed by atoms with Crippen LogP contribution in [-0.4, -0.2) is 25.4 Å². The van der Waals surface area contributed by atoms with Crippen LogP contribution in [0.5, 0.6) is 0 Å². The van der Waals surface area contributed by atoms with E-state index in [9.17, 15) is 4.79 Å². The molecule has 0 saturated carbocycles. The SMILES string of the molecule is O=C(O)c1ccccn1.[Pt].[c-]1cccc2ccn3ccnc3c12. The smallest absolute Gasteiger partial charge is 0.354 e. The predicted molar refractivity (Wildman–Crippen MR) is 82.7 cm³/mol. The number of pyridine rings is 2. The van der Waals surface area contributed by atoms with Crippen LogP contribution in [0.1, 0.15) is 10.5 Å². The first-order valence-corrected chi connectivity index (χ1v) is 6.62. The van der Waals surface area contributed by atoms with Gasteiger partial charge in [-0.15, -0.1) is 35.0 Å². The van der Waals surface area contributed by atoms with Crippen molar-refractivity contribution in [1.82, 2.24) is 14.4 Å². The minimum atomic E-state index is -0.990. The molecule has 3 heterocycles. The van der Waals surface area contributed by atoms with E-state index in [4.69, 9.17) is 5.11 Å². The Morgan fingerprint density at radius 2 is 1.91 bits per heavy atom. The van der Waals surface area contributed by atoms with Gasteiger partial charge in [0.15, 0.2) is 0 Å². The maximum Gasteiger partial charge on any atom is 0.354 e. The molecule has 0 aliphatic carbocycles. The molecule has 0 bridgehead atoms. The summed E-state index contributed by atoms with van der Waals surface area (Å²) in [5.41, 5.74) is 1.05. The molecular weight excluding hydrogens is 473 g/mol. The maximum atomic E-state index is 10.1. The van der Waals surface area contributed by atoms with Gasteiger partial charge in [0.05, 0.1) is 5.65 Å². The van der Waals surface area contributed by atoms with Crippen molar-refractivity contribution in [3.8, 4) is 0 Å². The summed E-state index contributed by atoms with van der Waals surface area (Å²) >= 11 is 0. The van der Waals surface area contributed by atoms with Crippen molar-refractivity contribution in [2.45, 2.75) is 0 Å². The molecule has 0 fully saturated rings. The van der Waals surface area contributed by atoms with Crippen LogP contribution >= 0.6 is 0 Å². The fraction of sp³-hybridized carbons (Fsp3) is 0. The van der Waals surface area contributed by atoms with Crippen molar-refractivity contribution in [3.05, 3.63) is 79.0 Å². The number of carboxylic acids is 1. The number of nitrogens with zero attached hydrogens (tertiary/aromatic N) is 3. The summed E-state index contributed by atoms with van der Waals surface area (Å²) in [5, 5.41) is 10.6. The molecule has 6 heteroatoms. The number of fused-ring (bicyclic) bond motifs is 3. The zero-order chi connectivity index (χ0) is 15.4. The largest absolute Gasteiger partial charge is 0.477 e. The minimum Gasteiger partial charge on any atom is -0.477 e. The number of imidazole rings is 1. The second-order valence-electron chi connectivity index (χ2n) is 4.49. The van der Waals surface area contributed by atoms with Gasteiger partial charge in [0.1, 0.15) is 5.69 Å². The summed E-state index contributed by atoms with van der Waals surface area (Å²) in [5.74, 6) is -0.990. The van der Waals surface area contributed by atoms with E-state index < -0.39 is 5.97 Å². The molecule has 1 aromatic carbocycles. The Morgan fingerprint density at radius 3 is 2.61 bits per heavy atom. The van der Waals surface area contributed by atoms with E-state index in [1.165, 1.54) is 17.6 Å². The van der Waals surface area contributed by atoms with Crippen LogP contribution in [0.15, 0.2) is 67.3 Å². The molecule has 3 aromatic heterocycles. The molecule has 23 heavy (non-hydrogen) atoms. The minimum absolute atomic E-state index is 0. The second-order valence-corrected chi connectivity index (χ2v) is 4.49. The van der Waals surface area contributed by atoms with Crippen molar-refractivity contribution >= 4 is 22.4 Å². The van der Waals surface area contributed by atoms with Crippen LogP contribution in [0.3, 0.4) is 0 Å². The van der Waals surface area contributed by atoms with Gasteiger partial charge in [-0.05, 0) is 18.3 Å². The molecule has 0 radical (unpaired) electrons. The first-order valence-electron chi connectivity index (χ1n) is 6.62. The normalized spacial score (nSPS) is 9.74. The van der Waals surface area contributed by atoms with E-state index in [0.29, 0.717) is 0 Å². The Kier molecular flexibility index (Phi) is 5.60. The average molecular weight is 485 g/mol. The first kappa shape index (κ1) is 16.8. The third-order valence-corrected chi connectivity index (χ3v) is 3.08. The molecule has 0 amide bonds. The number of carbonyl (C=O) groups is 1. The van der Waals surface area contributed by atoms with Crippen molar-refractivity contribution in [3.63, 3.8) is 0 Å². The number of aromatic nitrogens is 3. The van der Waals surface area contributed by atoms with Crippen LogP contribution in [0, 0.1) is 6.07 Å². The molecule has 0 aliphatic rings. The van der Waals surface area contributed by atoms with E-state index in [2.05, 4.69) is 28.2 Å². The molecular formula is C17H12N3O2Pt-. The van der Waals surface area contributed by atoms with Crippen LogP contribution in [-0.2, 0) is 21.1 Å². The van der Waals surface area contributed by atoms with Crippen LogP contribution in [0.4, 0.5) is 0 Å². The number of hydrogen-bond donors (Lipinski definition) is 1. The standard InChI is InChI=1S/C11H7N2.C6H5NO2.Pt/c1-2-4-10-9(3-1)5-7-13-8-6-12-11(10)13;8-6(9)5-3-1-2-4-7-5;/h1-3,5-8H;1-4H,(H,8,9);/q-1;;. The van der Waals surface area contributed by atoms with Crippen LogP contribution in [0.2, 0.25) is 0 Å². The molecule has 1 N–H and O–H groups in total. The summed E-state index contributed by atoms with van der Waals surface area (Å²) < 4.78 is 2.00. The van der Waals surface area contributed by atoms with E-state index >= 15 is 0 Å². The summed E-state index contributed by atoms with van der Waals surface area (Å²) in [4.78, 5) is 18.0. The fourth-order valence-electron chi connectivity index (χ4n) is 2.06. The maximum absolute atomic E-state index is 10.1. The summed E-state index contributed by atoms with van der Waals surface area (Å²) in [6, 6.07) is 16.0.